The molecule has 0 amide bonds. The summed E-state index contributed by atoms with van der Waals surface area (Å²) in [5, 5.41) is 8.68. The van der Waals surface area contributed by atoms with Crippen molar-refractivity contribution in [1.29, 1.82) is 0 Å². The van der Waals surface area contributed by atoms with Gasteiger partial charge in [0.25, 0.3) is 10.0 Å². The second-order valence-electron chi connectivity index (χ2n) is 4.14. The molecule has 0 spiro atoms. The average Bonchev–Trinajstić information content (AvgIpc) is 2.48. The third-order valence-corrected chi connectivity index (χ3v) is 3.93. The van der Waals surface area contributed by atoms with Crippen LogP contribution in [0.3, 0.4) is 0 Å². The molecule has 0 aliphatic carbocycles. The fourth-order valence-electron chi connectivity index (χ4n) is 1.60. The van der Waals surface area contributed by atoms with Gasteiger partial charge in [0.15, 0.2) is 0 Å². The first-order chi connectivity index (χ1) is 10.1. The number of benzene rings is 1. The van der Waals surface area contributed by atoms with Crippen LogP contribution in [0.25, 0.3) is 0 Å². The lowest BCUT2D eigenvalue weighted by Crippen LogP contribution is -2.13. The maximum Gasteiger partial charge on any atom is 0.261 e. The van der Waals surface area contributed by atoms with Crippen LogP contribution in [0.1, 0.15) is 12.0 Å². The van der Waals surface area contributed by atoms with Gasteiger partial charge in [-0.05, 0) is 30.3 Å². The molecule has 0 saturated carbocycles. The van der Waals surface area contributed by atoms with E-state index in [0.29, 0.717) is 17.7 Å². The first-order valence-corrected chi connectivity index (χ1v) is 7.73. The topological polar surface area (TPSA) is 79.3 Å². The smallest absolute Gasteiger partial charge is 0.261 e. The Hall–Kier alpha value is -2.36. The van der Waals surface area contributed by atoms with Crippen molar-refractivity contribution in [1.82, 2.24) is 4.98 Å². The zero-order chi connectivity index (χ0) is 15.1. The molecule has 1 aromatic heterocycles. The van der Waals surface area contributed by atoms with E-state index < -0.39 is 10.0 Å². The summed E-state index contributed by atoms with van der Waals surface area (Å²) >= 11 is 0. The number of rotatable bonds is 4. The van der Waals surface area contributed by atoms with E-state index in [0.717, 1.165) is 0 Å². The number of nitrogens with one attached hydrogen (secondary N) is 1. The van der Waals surface area contributed by atoms with Crippen LogP contribution in [0.5, 0.6) is 0 Å². The molecule has 0 saturated heterocycles. The molecule has 2 N–H and O–H groups in total. The van der Waals surface area contributed by atoms with Gasteiger partial charge in [-0.25, -0.2) is 8.42 Å². The highest BCUT2D eigenvalue weighted by molar-refractivity contribution is 7.92. The van der Waals surface area contributed by atoms with Crippen LogP contribution >= 0.6 is 0 Å². The fourth-order valence-corrected chi connectivity index (χ4v) is 2.70. The molecular weight excluding hydrogens is 288 g/mol. The van der Waals surface area contributed by atoms with Crippen molar-refractivity contribution in [2.45, 2.75) is 11.3 Å². The van der Waals surface area contributed by atoms with Crippen molar-refractivity contribution >= 4 is 15.7 Å². The van der Waals surface area contributed by atoms with Gasteiger partial charge in [-0.15, -0.1) is 0 Å². The van der Waals surface area contributed by atoms with Gasteiger partial charge in [-0.3, -0.25) is 9.71 Å². The SMILES string of the molecule is O=S(=O)(Nc1ccncc1)c1cccc(C#CCCO)c1. The van der Waals surface area contributed by atoms with Gasteiger partial charge >= 0.3 is 0 Å². The molecule has 2 aromatic rings. The molecule has 2 rings (SSSR count). The van der Waals surface area contributed by atoms with Gasteiger partial charge in [0.1, 0.15) is 0 Å². The Morgan fingerprint density at radius 2 is 1.95 bits per heavy atom. The van der Waals surface area contributed by atoms with Gasteiger partial charge < -0.3 is 5.11 Å². The summed E-state index contributed by atoms with van der Waals surface area (Å²) in [6.07, 6.45) is 3.37. The third kappa shape index (κ3) is 4.31. The summed E-state index contributed by atoms with van der Waals surface area (Å²) in [5.74, 6) is 5.57. The number of aromatic nitrogens is 1. The van der Waals surface area contributed by atoms with Crippen LogP contribution in [0.2, 0.25) is 0 Å². The van der Waals surface area contributed by atoms with E-state index in [2.05, 4.69) is 21.5 Å². The van der Waals surface area contributed by atoms with E-state index in [-0.39, 0.29) is 11.5 Å². The van der Waals surface area contributed by atoms with Crippen LogP contribution in [0.15, 0.2) is 53.7 Å². The van der Waals surface area contributed by atoms with Crippen molar-refractivity contribution in [3.8, 4) is 11.8 Å². The molecule has 1 heterocycles. The maximum absolute atomic E-state index is 12.3. The van der Waals surface area contributed by atoms with Crippen LogP contribution in [0.4, 0.5) is 5.69 Å². The molecule has 1 aromatic carbocycles. The molecule has 5 nitrogen and oxygen atoms in total. The molecule has 108 valence electrons. The monoisotopic (exact) mass is 302 g/mol. The summed E-state index contributed by atoms with van der Waals surface area (Å²) in [6, 6.07) is 9.49. The lowest BCUT2D eigenvalue weighted by Gasteiger charge is -2.07. The molecule has 0 aliphatic heterocycles. The molecule has 21 heavy (non-hydrogen) atoms. The summed E-state index contributed by atoms with van der Waals surface area (Å²) in [6.45, 7) is -0.0193. The third-order valence-electron chi connectivity index (χ3n) is 2.55. The summed E-state index contributed by atoms with van der Waals surface area (Å²) < 4.78 is 27.0. The molecule has 0 bridgehead atoms. The predicted octanol–water partition coefficient (Wildman–Crippen LogP) is 1.62. The van der Waals surface area contributed by atoms with E-state index in [4.69, 9.17) is 5.11 Å². The number of hydrogen-bond acceptors (Lipinski definition) is 4. The summed E-state index contributed by atoms with van der Waals surface area (Å²) in [7, 11) is -3.66. The Balaban J connectivity index is 2.25. The molecule has 0 radical (unpaired) electrons. The van der Waals surface area contributed by atoms with Crippen molar-refractivity contribution in [2.24, 2.45) is 0 Å². The number of aliphatic hydroxyl groups excluding tert-OH is 1. The van der Waals surface area contributed by atoms with Gasteiger partial charge in [-0.2, -0.15) is 0 Å². The average molecular weight is 302 g/mol. The van der Waals surface area contributed by atoms with Gasteiger partial charge in [0.05, 0.1) is 17.2 Å². The molecular formula is C15H14N2O3S. The fraction of sp³-hybridized carbons (Fsp3) is 0.133. The van der Waals surface area contributed by atoms with E-state index in [1.807, 2.05) is 0 Å². The Kier molecular flexibility index (Phi) is 4.93. The second kappa shape index (κ2) is 6.88. The van der Waals surface area contributed by atoms with Crippen molar-refractivity contribution < 1.29 is 13.5 Å². The first-order valence-electron chi connectivity index (χ1n) is 6.24. The van der Waals surface area contributed by atoms with Crippen LogP contribution in [-0.2, 0) is 10.0 Å². The second-order valence-corrected chi connectivity index (χ2v) is 5.83. The minimum atomic E-state index is -3.66. The highest BCUT2D eigenvalue weighted by Crippen LogP contribution is 2.16. The quantitative estimate of drug-likeness (QED) is 0.841. The highest BCUT2D eigenvalue weighted by Gasteiger charge is 2.14. The normalized spacial score (nSPS) is 10.5. The molecule has 6 heteroatoms. The Morgan fingerprint density at radius 1 is 1.19 bits per heavy atom. The Labute approximate surface area is 123 Å². The lowest BCUT2D eigenvalue weighted by molar-refractivity contribution is 0.305. The van der Waals surface area contributed by atoms with Gasteiger partial charge in [0.2, 0.25) is 0 Å². The minimum absolute atomic E-state index is 0.0193. The number of anilines is 1. The molecule has 0 fully saturated rings. The molecule has 0 atom stereocenters. The highest BCUT2D eigenvalue weighted by atomic mass is 32.2. The standard InChI is InChI=1S/C15H14N2O3S/c18-11-2-1-4-13-5-3-6-15(12-13)21(19,20)17-14-7-9-16-10-8-14/h3,5-10,12,18H,2,11H2,(H,16,17). The van der Waals surface area contributed by atoms with Crippen molar-refractivity contribution in [2.75, 3.05) is 11.3 Å². The molecule has 0 aliphatic rings. The van der Waals surface area contributed by atoms with E-state index in [1.54, 1.807) is 24.3 Å². The molecule has 0 unspecified atom stereocenters. The van der Waals surface area contributed by atoms with E-state index in [9.17, 15) is 8.42 Å². The first kappa shape index (κ1) is 15.0. The number of hydrogen-bond donors (Lipinski definition) is 2. The minimum Gasteiger partial charge on any atom is -0.395 e. The largest absolute Gasteiger partial charge is 0.395 e. The van der Waals surface area contributed by atoms with Crippen molar-refractivity contribution in [3.63, 3.8) is 0 Å². The number of pyridine rings is 1. The van der Waals surface area contributed by atoms with E-state index in [1.165, 1.54) is 24.5 Å². The predicted molar refractivity (Wildman–Crippen MR) is 80.1 cm³/mol. The summed E-state index contributed by atoms with van der Waals surface area (Å²) in [5.41, 5.74) is 1.03. The van der Waals surface area contributed by atoms with Gasteiger partial charge in [0, 0.05) is 24.4 Å². The van der Waals surface area contributed by atoms with Crippen LogP contribution < -0.4 is 4.72 Å². The zero-order valence-electron chi connectivity index (χ0n) is 11.2. The summed E-state index contributed by atoms with van der Waals surface area (Å²) in [4.78, 5) is 3.96. The zero-order valence-corrected chi connectivity index (χ0v) is 12.0. The lowest BCUT2D eigenvalue weighted by atomic mass is 10.2. The maximum atomic E-state index is 12.3. The van der Waals surface area contributed by atoms with Gasteiger partial charge in [-0.1, -0.05) is 17.9 Å². The van der Waals surface area contributed by atoms with E-state index >= 15 is 0 Å². The van der Waals surface area contributed by atoms with Crippen LogP contribution in [0, 0.1) is 11.8 Å². The number of nitrogens with zero attached hydrogens (tertiary/aromatic N) is 1. The number of sulfonamides is 1. The van der Waals surface area contributed by atoms with Crippen molar-refractivity contribution in [3.05, 3.63) is 54.4 Å². The van der Waals surface area contributed by atoms with Crippen LogP contribution in [-0.4, -0.2) is 25.1 Å². The Bertz CT molecular complexity index is 762. The Morgan fingerprint density at radius 3 is 2.67 bits per heavy atom. The number of aliphatic hydroxyl groups is 1.